The molecule has 2 aliphatic carbocycles. The second-order valence-electron chi connectivity index (χ2n) is 7.24. The van der Waals surface area contributed by atoms with Crippen molar-refractivity contribution >= 4 is 10.0 Å². The molecule has 0 atom stereocenters. The maximum atomic E-state index is 12.2. The highest BCUT2D eigenvalue weighted by Gasteiger charge is 2.44. The quantitative estimate of drug-likeness (QED) is 0.782. The molecule has 5 heteroatoms. The largest absolute Gasteiger partial charge is 0.303 e. The van der Waals surface area contributed by atoms with Gasteiger partial charge in [-0.15, -0.1) is 0 Å². The van der Waals surface area contributed by atoms with Gasteiger partial charge in [0.15, 0.2) is 0 Å². The van der Waals surface area contributed by atoms with Crippen molar-refractivity contribution in [3.63, 3.8) is 0 Å². The second kappa shape index (κ2) is 5.93. The molecular weight excluding hydrogens is 272 g/mol. The Bertz CT molecular complexity index is 419. The molecule has 3 fully saturated rings. The molecule has 0 radical (unpaired) electrons. The van der Waals surface area contributed by atoms with E-state index in [0.29, 0.717) is 18.2 Å². The number of nitrogens with zero attached hydrogens (tertiary/aromatic N) is 1. The summed E-state index contributed by atoms with van der Waals surface area (Å²) in [6, 6.07) is 0. The molecule has 0 amide bonds. The molecule has 2 saturated carbocycles. The van der Waals surface area contributed by atoms with Gasteiger partial charge in [0, 0.05) is 13.1 Å². The summed E-state index contributed by atoms with van der Waals surface area (Å²) < 4.78 is 27.3. The summed E-state index contributed by atoms with van der Waals surface area (Å²) in [6.07, 6.45) is 9.61. The van der Waals surface area contributed by atoms with Gasteiger partial charge in [0.25, 0.3) is 0 Å². The summed E-state index contributed by atoms with van der Waals surface area (Å²) >= 11 is 0. The van der Waals surface area contributed by atoms with E-state index in [9.17, 15) is 8.42 Å². The zero-order valence-corrected chi connectivity index (χ0v) is 13.3. The van der Waals surface area contributed by atoms with Gasteiger partial charge in [0.1, 0.15) is 0 Å². The molecule has 1 aliphatic heterocycles. The van der Waals surface area contributed by atoms with Crippen molar-refractivity contribution in [3.8, 4) is 0 Å². The van der Waals surface area contributed by atoms with E-state index in [1.54, 1.807) is 0 Å². The molecule has 0 bridgehead atoms. The smallest absolute Gasteiger partial charge is 0.211 e. The summed E-state index contributed by atoms with van der Waals surface area (Å²) in [7, 11) is -3.06. The molecular formula is C15H28N2O2S. The van der Waals surface area contributed by atoms with Crippen LogP contribution in [0.4, 0.5) is 0 Å². The molecule has 0 spiro atoms. The first kappa shape index (κ1) is 14.8. The maximum absolute atomic E-state index is 12.2. The zero-order valence-electron chi connectivity index (χ0n) is 12.4. The predicted molar refractivity (Wildman–Crippen MR) is 81.1 cm³/mol. The first-order chi connectivity index (χ1) is 9.57. The monoisotopic (exact) mass is 300 g/mol. The van der Waals surface area contributed by atoms with Crippen LogP contribution in [0.5, 0.6) is 0 Å². The van der Waals surface area contributed by atoms with Crippen molar-refractivity contribution in [2.75, 3.05) is 31.9 Å². The van der Waals surface area contributed by atoms with E-state index >= 15 is 0 Å². The van der Waals surface area contributed by atoms with Gasteiger partial charge in [-0.3, -0.25) is 0 Å². The maximum Gasteiger partial charge on any atom is 0.211 e. The molecule has 4 nitrogen and oxygen atoms in total. The molecule has 0 aromatic heterocycles. The fourth-order valence-corrected chi connectivity index (χ4v) is 5.39. The Morgan fingerprint density at radius 3 is 2.30 bits per heavy atom. The first-order valence-electron chi connectivity index (χ1n) is 8.27. The average Bonchev–Trinajstić information content (AvgIpc) is 2.82. The SMILES string of the molecule is O=S(=O)(CC1CCCC1)NCC1(CN2CCCC2)CC1. The van der Waals surface area contributed by atoms with Crippen molar-refractivity contribution in [2.45, 2.75) is 51.4 Å². The normalized spacial score (nSPS) is 27.2. The Morgan fingerprint density at radius 2 is 1.70 bits per heavy atom. The molecule has 0 aromatic rings. The van der Waals surface area contributed by atoms with E-state index in [2.05, 4.69) is 9.62 Å². The van der Waals surface area contributed by atoms with E-state index < -0.39 is 10.0 Å². The second-order valence-corrected chi connectivity index (χ2v) is 9.09. The summed E-state index contributed by atoms with van der Waals surface area (Å²) in [5.74, 6) is 0.758. The Hall–Kier alpha value is -0.130. The van der Waals surface area contributed by atoms with Crippen LogP contribution >= 0.6 is 0 Å². The van der Waals surface area contributed by atoms with Crippen LogP contribution in [-0.2, 0) is 10.0 Å². The highest BCUT2D eigenvalue weighted by Crippen LogP contribution is 2.46. The van der Waals surface area contributed by atoms with E-state index in [1.165, 1.54) is 51.6 Å². The number of sulfonamides is 1. The van der Waals surface area contributed by atoms with Crippen LogP contribution in [0.2, 0.25) is 0 Å². The van der Waals surface area contributed by atoms with Crippen LogP contribution in [0.25, 0.3) is 0 Å². The van der Waals surface area contributed by atoms with E-state index in [1.807, 2.05) is 0 Å². The van der Waals surface area contributed by atoms with Gasteiger partial charge in [-0.25, -0.2) is 13.1 Å². The number of likely N-dealkylation sites (tertiary alicyclic amines) is 1. The van der Waals surface area contributed by atoms with Gasteiger partial charge in [0.05, 0.1) is 5.75 Å². The van der Waals surface area contributed by atoms with E-state index in [0.717, 1.165) is 19.4 Å². The lowest BCUT2D eigenvalue weighted by atomic mass is 10.1. The molecule has 0 aromatic carbocycles. The van der Waals surface area contributed by atoms with Crippen LogP contribution in [0.1, 0.15) is 51.4 Å². The van der Waals surface area contributed by atoms with Crippen LogP contribution in [-0.4, -0.2) is 45.2 Å². The summed E-state index contributed by atoms with van der Waals surface area (Å²) in [4.78, 5) is 2.51. The molecule has 3 rings (SSSR count). The minimum Gasteiger partial charge on any atom is -0.303 e. The van der Waals surface area contributed by atoms with Crippen molar-refractivity contribution in [1.29, 1.82) is 0 Å². The Morgan fingerprint density at radius 1 is 1.05 bits per heavy atom. The molecule has 1 N–H and O–H groups in total. The van der Waals surface area contributed by atoms with Crippen LogP contribution in [0, 0.1) is 11.3 Å². The minimum absolute atomic E-state index is 0.257. The van der Waals surface area contributed by atoms with Crippen molar-refractivity contribution in [2.24, 2.45) is 11.3 Å². The third kappa shape index (κ3) is 3.95. The summed E-state index contributed by atoms with van der Waals surface area (Å²) in [5, 5.41) is 0. The molecule has 0 unspecified atom stereocenters. The number of nitrogens with one attached hydrogen (secondary N) is 1. The predicted octanol–water partition coefficient (Wildman–Crippen LogP) is 1.97. The van der Waals surface area contributed by atoms with Gasteiger partial charge < -0.3 is 4.90 Å². The lowest BCUT2D eigenvalue weighted by Gasteiger charge is -2.23. The molecule has 116 valence electrons. The fraction of sp³-hybridized carbons (Fsp3) is 1.00. The lowest BCUT2D eigenvalue weighted by Crippen LogP contribution is -2.38. The van der Waals surface area contributed by atoms with Gasteiger partial charge in [-0.2, -0.15) is 0 Å². The van der Waals surface area contributed by atoms with E-state index in [-0.39, 0.29) is 5.41 Å². The van der Waals surface area contributed by atoms with Gasteiger partial charge in [-0.05, 0) is 62.9 Å². The van der Waals surface area contributed by atoms with Crippen molar-refractivity contribution in [3.05, 3.63) is 0 Å². The Balaban J connectivity index is 1.45. The highest BCUT2D eigenvalue weighted by molar-refractivity contribution is 7.89. The third-order valence-electron chi connectivity index (χ3n) is 5.31. The molecule has 3 aliphatic rings. The van der Waals surface area contributed by atoms with Crippen molar-refractivity contribution in [1.82, 2.24) is 9.62 Å². The average molecular weight is 300 g/mol. The standard InChI is InChI=1S/C15H28N2O2S/c18-20(19,11-14-5-1-2-6-14)16-12-15(7-8-15)13-17-9-3-4-10-17/h14,16H,1-13H2. The van der Waals surface area contributed by atoms with Crippen LogP contribution in [0.3, 0.4) is 0 Å². The molecule has 20 heavy (non-hydrogen) atoms. The topological polar surface area (TPSA) is 49.4 Å². The Kier molecular flexibility index (Phi) is 4.39. The van der Waals surface area contributed by atoms with Crippen molar-refractivity contribution < 1.29 is 8.42 Å². The van der Waals surface area contributed by atoms with Gasteiger partial charge in [-0.1, -0.05) is 12.8 Å². The number of rotatable bonds is 7. The summed E-state index contributed by atoms with van der Waals surface area (Å²) in [6.45, 7) is 4.17. The number of hydrogen-bond acceptors (Lipinski definition) is 3. The number of hydrogen-bond donors (Lipinski definition) is 1. The minimum atomic E-state index is -3.06. The van der Waals surface area contributed by atoms with Crippen LogP contribution in [0.15, 0.2) is 0 Å². The lowest BCUT2D eigenvalue weighted by molar-refractivity contribution is 0.264. The third-order valence-corrected chi connectivity index (χ3v) is 6.81. The zero-order chi connectivity index (χ0) is 14.1. The van der Waals surface area contributed by atoms with Gasteiger partial charge in [0.2, 0.25) is 10.0 Å². The Labute approximate surface area is 123 Å². The van der Waals surface area contributed by atoms with Crippen LogP contribution < -0.4 is 4.72 Å². The fourth-order valence-electron chi connectivity index (χ4n) is 3.79. The molecule has 1 saturated heterocycles. The summed E-state index contributed by atoms with van der Waals surface area (Å²) in [5.41, 5.74) is 0.257. The molecule has 1 heterocycles. The first-order valence-corrected chi connectivity index (χ1v) is 9.92. The highest BCUT2D eigenvalue weighted by atomic mass is 32.2. The van der Waals surface area contributed by atoms with Gasteiger partial charge >= 0.3 is 0 Å². The van der Waals surface area contributed by atoms with E-state index in [4.69, 9.17) is 0 Å².